The van der Waals surface area contributed by atoms with Crippen LogP contribution in [-0.4, -0.2) is 28.8 Å². The molecule has 2 heterocycles. The maximum absolute atomic E-state index is 13.0. The van der Waals surface area contributed by atoms with Gasteiger partial charge in [0, 0.05) is 28.6 Å². The zero-order valence-electron chi connectivity index (χ0n) is 16.1. The van der Waals surface area contributed by atoms with Gasteiger partial charge in [0.25, 0.3) is 5.56 Å². The van der Waals surface area contributed by atoms with Gasteiger partial charge in [0.2, 0.25) is 5.91 Å². The highest BCUT2D eigenvalue weighted by Crippen LogP contribution is 2.24. The molecule has 0 bridgehead atoms. The van der Waals surface area contributed by atoms with Crippen molar-refractivity contribution in [1.29, 1.82) is 0 Å². The first-order valence-electron chi connectivity index (χ1n) is 9.92. The Bertz CT molecular complexity index is 1070. The van der Waals surface area contributed by atoms with Crippen molar-refractivity contribution in [2.45, 2.75) is 32.2 Å². The number of halogens is 1. The summed E-state index contributed by atoms with van der Waals surface area (Å²) >= 11 is 3.38. The molecule has 150 valence electrons. The summed E-state index contributed by atoms with van der Waals surface area (Å²) in [6, 6.07) is 14.8. The Morgan fingerprint density at radius 3 is 2.31 bits per heavy atom. The SMILES string of the molecule is O=C(Cn1nc(N2CCCCCC2)c2ccccc2c1=O)Nc1ccc(Br)cc1. The molecule has 1 fully saturated rings. The normalized spacial score (nSPS) is 14.6. The van der Waals surface area contributed by atoms with Gasteiger partial charge in [-0.25, -0.2) is 4.68 Å². The van der Waals surface area contributed by atoms with E-state index >= 15 is 0 Å². The number of hydrogen-bond donors (Lipinski definition) is 1. The second-order valence-corrected chi connectivity index (χ2v) is 8.20. The first-order chi connectivity index (χ1) is 14.1. The van der Waals surface area contributed by atoms with E-state index in [0.29, 0.717) is 11.1 Å². The molecule has 4 rings (SSSR count). The molecule has 3 aromatic rings. The van der Waals surface area contributed by atoms with Crippen molar-refractivity contribution in [2.24, 2.45) is 0 Å². The largest absolute Gasteiger partial charge is 0.355 e. The molecule has 1 saturated heterocycles. The fourth-order valence-electron chi connectivity index (χ4n) is 3.71. The van der Waals surface area contributed by atoms with Gasteiger partial charge in [0.1, 0.15) is 6.54 Å². The van der Waals surface area contributed by atoms with E-state index in [-0.39, 0.29) is 18.0 Å². The Hall–Kier alpha value is -2.67. The van der Waals surface area contributed by atoms with Crippen molar-refractivity contribution in [3.8, 4) is 0 Å². The molecule has 0 spiro atoms. The van der Waals surface area contributed by atoms with Crippen molar-refractivity contribution in [3.05, 3.63) is 63.4 Å². The van der Waals surface area contributed by atoms with Crippen LogP contribution in [0.25, 0.3) is 10.8 Å². The Balaban J connectivity index is 1.66. The van der Waals surface area contributed by atoms with Crippen molar-refractivity contribution in [2.75, 3.05) is 23.3 Å². The van der Waals surface area contributed by atoms with Gasteiger partial charge >= 0.3 is 0 Å². The number of carbonyl (C=O) groups excluding carboxylic acids is 1. The highest BCUT2D eigenvalue weighted by Gasteiger charge is 2.18. The fourth-order valence-corrected chi connectivity index (χ4v) is 3.97. The predicted octanol–water partition coefficient (Wildman–Crippen LogP) is 4.18. The van der Waals surface area contributed by atoms with Crippen LogP contribution >= 0.6 is 15.9 Å². The maximum atomic E-state index is 13.0. The number of nitrogens with one attached hydrogen (secondary N) is 1. The van der Waals surface area contributed by atoms with Crippen molar-refractivity contribution < 1.29 is 4.79 Å². The molecular weight excluding hydrogens is 432 g/mol. The number of fused-ring (bicyclic) bond motifs is 1. The molecule has 1 aromatic heterocycles. The lowest BCUT2D eigenvalue weighted by Gasteiger charge is -2.23. The molecule has 7 heteroatoms. The minimum atomic E-state index is -0.279. The number of carbonyl (C=O) groups is 1. The number of hydrogen-bond acceptors (Lipinski definition) is 4. The topological polar surface area (TPSA) is 67.2 Å². The Morgan fingerprint density at radius 1 is 0.966 bits per heavy atom. The van der Waals surface area contributed by atoms with Crippen molar-refractivity contribution in [3.63, 3.8) is 0 Å². The van der Waals surface area contributed by atoms with E-state index in [1.54, 1.807) is 12.1 Å². The minimum Gasteiger partial charge on any atom is -0.355 e. The van der Waals surface area contributed by atoms with Crippen LogP contribution in [0.2, 0.25) is 0 Å². The summed E-state index contributed by atoms with van der Waals surface area (Å²) in [5, 5.41) is 8.90. The number of anilines is 2. The van der Waals surface area contributed by atoms with E-state index in [9.17, 15) is 9.59 Å². The lowest BCUT2D eigenvalue weighted by Crippen LogP contribution is -2.33. The van der Waals surface area contributed by atoms with Crippen LogP contribution in [0.3, 0.4) is 0 Å². The molecule has 6 nitrogen and oxygen atoms in total. The zero-order valence-corrected chi connectivity index (χ0v) is 17.7. The highest BCUT2D eigenvalue weighted by molar-refractivity contribution is 9.10. The fraction of sp³-hybridized carbons (Fsp3) is 0.318. The van der Waals surface area contributed by atoms with Gasteiger partial charge in [-0.15, -0.1) is 0 Å². The third kappa shape index (κ3) is 4.50. The molecule has 0 unspecified atom stereocenters. The quantitative estimate of drug-likeness (QED) is 0.641. The zero-order chi connectivity index (χ0) is 20.2. The number of rotatable bonds is 4. The first-order valence-corrected chi connectivity index (χ1v) is 10.7. The lowest BCUT2D eigenvalue weighted by atomic mass is 10.1. The molecule has 2 aromatic carbocycles. The Kier molecular flexibility index (Phi) is 5.94. The standard InChI is InChI=1S/C22H23BrN4O2/c23-16-9-11-17(12-10-16)24-20(28)15-27-22(29)19-8-4-3-7-18(19)21(25-27)26-13-5-1-2-6-14-26/h3-4,7-12H,1-2,5-6,13-15H2,(H,24,28). The van der Waals surface area contributed by atoms with Crippen LogP contribution in [0.4, 0.5) is 11.5 Å². The van der Waals surface area contributed by atoms with Crippen molar-refractivity contribution in [1.82, 2.24) is 9.78 Å². The Morgan fingerprint density at radius 2 is 1.62 bits per heavy atom. The molecule has 1 N–H and O–H groups in total. The van der Waals surface area contributed by atoms with Gasteiger partial charge in [-0.2, -0.15) is 5.10 Å². The lowest BCUT2D eigenvalue weighted by molar-refractivity contribution is -0.117. The average Bonchev–Trinajstić information content (AvgIpc) is 3.01. The molecule has 1 amide bonds. The second-order valence-electron chi connectivity index (χ2n) is 7.29. The van der Waals surface area contributed by atoms with Gasteiger partial charge in [-0.1, -0.05) is 47.0 Å². The van der Waals surface area contributed by atoms with Crippen molar-refractivity contribution >= 4 is 44.1 Å². The van der Waals surface area contributed by atoms with E-state index in [2.05, 4.69) is 31.2 Å². The van der Waals surface area contributed by atoms with Gasteiger partial charge in [0.05, 0.1) is 5.39 Å². The van der Waals surface area contributed by atoms with Crippen LogP contribution in [-0.2, 0) is 11.3 Å². The van der Waals surface area contributed by atoms with Crippen LogP contribution in [0.15, 0.2) is 57.8 Å². The number of benzene rings is 2. The monoisotopic (exact) mass is 454 g/mol. The molecule has 0 radical (unpaired) electrons. The van der Waals surface area contributed by atoms with Gasteiger partial charge in [0.15, 0.2) is 5.82 Å². The minimum absolute atomic E-state index is 0.124. The van der Waals surface area contributed by atoms with Crippen LogP contribution in [0.1, 0.15) is 25.7 Å². The molecular formula is C22H23BrN4O2. The molecule has 29 heavy (non-hydrogen) atoms. The van der Waals surface area contributed by atoms with E-state index in [0.717, 1.165) is 41.6 Å². The molecule has 0 atom stereocenters. The predicted molar refractivity (Wildman–Crippen MR) is 119 cm³/mol. The third-order valence-electron chi connectivity index (χ3n) is 5.18. The molecule has 1 aliphatic rings. The summed E-state index contributed by atoms with van der Waals surface area (Å²) in [6.45, 7) is 1.71. The van der Waals surface area contributed by atoms with E-state index < -0.39 is 0 Å². The number of amides is 1. The first kappa shape index (κ1) is 19.6. The maximum Gasteiger partial charge on any atom is 0.275 e. The van der Waals surface area contributed by atoms with Crippen LogP contribution in [0.5, 0.6) is 0 Å². The van der Waals surface area contributed by atoms with Gasteiger partial charge < -0.3 is 10.2 Å². The number of aromatic nitrogens is 2. The summed E-state index contributed by atoms with van der Waals surface area (Å²) in [5.41, 5.74) is 0.435. The smallest absolute Gasteiger partial charge is 0.275 e. The summed E-state index contributed by atoms with van der Waals surface area (Å²) in [6.07, 6.45) is 4.64. The molecule has 0 aliphatic carbocycles. The average molecular weight is 455 g/mol. The summed E-state index contributed by atoms with van der Waals surface area (Å²) in [5.74, 6) is 0.512. The summed E-state index contributed by atoms with van der Waals surface area (Å²) in [7, 11) is 0. The highest BCUT2D eigenvalue weighted by atomic mass is 79.9. The van der Waals surface area contributed by atoms with E-state index in [4.69, 9.17) is 0 Å². The van der Waals surface area contributed by atoms with Gasteiger partial charge in [-0.05, 0) is 43.2 Å². The third-order valence-corrected chi connectivity index (χ3v) is 5.70. The molecule has 1 aliphatic heterocycles. The van der Waals surface area contributed by atoms with Crippen LogP contribution < -0.4 is 15.8 Å². The summed E-state index contributed by atoms with van der Waals surface area (Å²) in [4.78, 5) is 27.8. The second kappa shape index (κ2) is 8.78. The molecule has 0 saturated carbocycles. The van der Waals surface area contributed by atoms with Gasteiger partial charge in [-0.3, -0.25) is 9.59 Å². The number of nitrogens with zero attached hydrogens (tertiary/aromatic N) is 3. The van der Waals surface area contributed by atoms with E-state index in [1.165, 1.54) is 17.5 Å². The Labute approximate surface area is 177 Å². The van der Waals surface area contributed by atoms with E-state index in [1.807, 2.05) is 36.4 Å². The summed E-state index contributed by atoms with van der Waals surface area (Å²) < 4.78 is 2.22. The van der Waals surface area contributed by atoms with Crippen LogP contribution in [0, 0.1) is 0 Å².